The maximum atomic E-state index is 12.5. The van der Waals surface area contributed by atoms with Gasteiger partial charge in [-0.25, -0.2) is 0 Å². The van der Waals surface area contributed by atoms with E-state index in [1.54, 1.807) is 17.3 Å². The molecule has 1 fully saturated rings. The van der Waals surface area contributed by atoms with Crippen molar-refractivity contribution in [2.75, 3.05) is 6.54 Å². The molecule has 2 heterocycles. The Hall–Kier alpha value is -1.73. The lowest BCUT2D eigenvalue weighted by Crippen LogP contribution is -2.29. The van der Waals surface area contributed by atoms with Crippen molar-refractivity contribution in [2.24, 2.45) is 0 Å². The van der Waals surface area contributed by atoms with Crippen LogP contribution >= 0.6 is 24.0 Å². The second-order valence-electron chi connectivity index (χ2n) is 6.59. The number of carbonyl (C=O) groups excluding carboxylic acids is 1. The zero-order chi connectivity index (χ0) is 19.5. The van der Waals surface area contributed by atoms with Crippen LogP contribution in [0.5, 0.6) is 0 Å². The highest BCUT2D eigenvalue weighted by molar-refractivity contribution is 8.26. The Morgan fingerprint density at radius 2 is 1.81 bits per heavy atom. The van der Waals surface area contributed by atoms with E-state index in [1.807, 2.05) is 18.2 Å². The molecule has 1 saturated heterocycles. The predicted octanol–water partition coefficient (Wildman–Crippen LogP) is 4.88. The fourth-order valence-electron chi connectivity index (χ4n) is 2.91. The van der Waals surface area contributed by atoms with Crippen LogP contribution in [0.2, 0.25) is 0 Å². The average molecular weight is 407 g/mol. The Labute approximate surface area is 170 Å². The van der Waals surface area contributed by atoms with E-state index >= 15 is 0 Å². The van der Waals surface area contributed by atoms with Gasteiger partial charge in [0.2, 0.25) is 0 Å². The van der Waals surface area contributed by atoms with Crippen molar-refractivity contribution in [3.8, 4) is 0 Å². The van der Waals surface area contributed by atoms with Crippen LogP contribution in [0.15, 0.2) is 29.4 Å². The minimum absolute atomic E-state index is 0.00714. The number of carbonyl (C=O) groups is 2. The molecule has 5 nitrogen and oxygen atoms in total. The first-order chi connectivity index (χ1) is 13.1. The smallest absolute Gasteiger partial charge is 0.303 e. The Morgan fingerprint density at radius 1 is 1.15 bits per heavy atom. The second-order valence-corrected chi connectivity index (χ2v) is 8.27. The predicted molar refractivity (Wildman–Crippen MR) is 113 cm³/mol. The molecule has 0 spiro atoms. The third-order valence-corrected chi connectivity index (χ3v) is 5.76. The van der Waals surface area contributed by atoms with Crippen molar-refractivity contribution >= 4 is 46.3 Å². The Morgan fingerprint density at radius 3 is 2.44 bits per heavy atom. The highest BCUT2D eigenvalue weighted by Crippen LogP contribution is 2.32. The summed E-state index contributed by atoms with van der Waals surface area (Å²) in [7, 11) is 0. The van der Waals surface area contributed by atoms with Crippen LogP contribution < -0.4 is 0 Å². The molecular weight excluding hydrogens is 380 g/mol. The standard InChI is InChI=1S/C20H26N2O3S2/c23-18(24)11-7-5-3-1-2-4-6-8-13-22-19(25)17(27-20(22)26)14-16-10-9-12-21-15-16/h9-10,12,14-15H,1-8,11,13H2,(H,23,24). The SMILES string of the molecule is O=C(O)CCCCCCCCCCN1C(=O)C(=Cc2cccnc2)SC1=S. The molecule has 1 N–H and O–H groups in total. The first kappa shape index (κ1) is 21.6. The molecule has 0 radical (unpaired) electrons. The van der Waals surface area contributed by atoms with Crippen molar-refractivity contribution < 1.29 is 14.7 Å². The molecule has 1 aliphatic heterocycles. The molecule has 0 saturated carbocycles. The average Bonchev–Trinajstić information content (AvgIpc) is 2.91. The van der Waals surface area contributed by atoms with Crippen molar-refractivity contribution in [3.63, 3.8) is 0 Å². The summed E-state index contributed by atoms with van der Waals surface area (Å²) < 4.78 is 0.633. The van der Waals surface area contributed by atoms with Gasteiger partial charge in [0.15, 0.2) is 0 Å². The fourth-order valence-corrected chi connectivity index (χ4v) is 4.22. The van der Waals surface area contributed by atoms with Crippen molar-refractivity contribution in [2.45, 2.75) is 57.8 Å². The van der Waals surface area contributed by atoms with Gasteiger partial charge in [-0.05, 0) is 30.5 Å². The van der Waals surface area contributed by atoms with Gasteiger partial charge in [-0.1, -0.05) is 68.6 Å². The molecule has 146 valence electrons. The number of unbranched alkanes of at least 4 members (excludes halogenated alkanes) is 7. The lowest BCUT2D eigenvalue weighted by molar-refractivity contribution is -0.137. The van der Waals surface area contributed by atoms with Gasteiger partial charge >= 0.3 is 5.97 Å². The number of nitrogens with zero attached hydrogens (tertiary/aromatic N) is 2. The third-order valence-electron chi connectivity index (χ3n) is 4.38. The van der Waals surface area contributed by atoms with E-state index in [0.717, 1.165) is 56.9 Å². The minimum Gasteiger partial charge on any atom is -0.481 e. The van der Waals surface area contributed by atoms with Gasteiger partial charge in [0, 0.05) is 25.4 Å². The van der Waals surface area contributed by atoms with Crippen LogP contribution in [-0.4, -0.2) is 37.7 Å². The van der Waals surface area contributed by atoms with Gasteiger partial charge in [0.1, 0.15) is 4.32 Å². The normalized spacial score (nSPS) is 15.7. The molecule has 0 unspecified atom stereocenters. The Balaban J connectivity index is 1.61. The van der Waals surface area contributed by atoms with Gasteiger partial charge in [-0.2, -0.15) is 0 Å². The second kappa shape index (κ2) is 11.9. The highest BCUT2D eigenvalue weighted by Gasteiger charge is 2.31. The van der Waals surface area contributed by atoms with Crippen LogP contribution in [-0.2, 0) is 9.59 Å². The molecule has 2 rings (SSSR count). The number of hydrogen-bond acceptors (Lipinski definition) is 5. The highest BCUT2D eigenvalue weighted by atomic mass is 32.2. The Kier molecular flexibility index (Phi) is 9.48. The molecule has 0 aliphatic carbocycles. The van der Waals surface area contributed by atoms with Gasteiger partial charge in [0.25, 0.3) is 5.91 Å². The van der Waals surface area contributed by atoms with Crippen LogP contribution in [0, 0.1) is 0 Å². The maximum Gasteiger partial charge on any atom is 0.303 e. The summed E-state index contributed by atoms with van der Waals surface area (Å²) in [4.78, 5) is 29.4. The minimum atomic E-state index is -0.707. The number of aliphatic carboxylic acids is 1. The summed E-state index contributed by atoms with van der Waals surface area (Å²) in [5.41, 5.74) is 0.904. The maximum absolute atomic E-state index is 12.5. The van der Waals surface area contributed by atoms with Crippen molar-refractivity contribution in [1.82, 2.24) is 9.88 Å². The largest absolute Gasteiger partial charge is 0.481 e. The number of amides is 1. The fraction of sp³-hybridized carbons (Fsp3) is 0.500. The number of carboxylic acid groups (broad SMARTS) is 1. The first-order valence-corrected chi connectivity index (χ1v) is 10.7. The van der Waals surface area contributed by atoms with E-state index in [9.17, 15) is 9.59 Å². The zero-order valence-electron chi connectivity index (χ0n) is 15.4. The topological polar surface area (TPSA) is 70.5 Å². The summed E-state index contributed by atoms with van der Waals surface area (Å²) in [6.07, 6.45) is 13.9. The van der Waals surface area contributed by atoms with Crippen LogP contribution in [0.1, 0.15) is 63.4 Å². The van der Waals surface area contributed by atoms with E-state index in [4.69, 9.17) is 17.3 Å². The molecule has 0 atom stereocenters. The van der Waals surface area contributed by atoms with Crippen LogP contribution in [0.3, 0.4) is 0 Å². The van der Waals surface area contributed by atoms with Crippen molar-refractivity contribution in [3.05, 3.63) is 35.0 Å². The summed E-state index contributed by atoms with van der Waals surface area (Å²) in [5.74, 6) is -0.715. The molecule has 0 bridgehead atoms. The van der Waals surface area contributed by atoms with E-state index < -0.39 is 5.97 Å². The van der Waals surface area contributed by atoms with Crippen molar-refractivity contribution in [1.29, 1.82) is 0 Å². The van der Waals surface area contributed by atoms with Gasteiger partial charge in [-0.3, -0.25) is 19.5 Å². The molecule has 1 aliphatic rings. The number of thiocarbonyl (C=S) groups is 1. The molecule has 0 aromatic carbocycles. The van der Waals surface area contributed by atoms with Gasteiger partial charge < -0.3 is 5.11 Å². The monoisotopic (exact) mass is 406 g/mol. The molecule has 1 amide bonds. The van der Waals surface area contributed by atoms with Gasteiger partial charge in [0.05, 0.1) is 4.91 Å². The number of thioether (sulfide) groups is 1. The number of aromatic nitrogens is 1. The lowest BCUT2D eigenvalue weighted by atomic mass is 10.1. The summed E-state index contributed by atoms with van der Waals surface area (Å²) in [6.45, 7) is 0.674. The molecular formula is C20H26N2O3S2. The summed E-state index contributed by atoms with van der Waals surface area (Å²) in [5, 5.41) is 8.59. The quantitative estimate of drug-likeness (QED) is 0.303. The molecule has 7 heteroatoms. The number of pyridine rings is 1. The molecule has 1 aromatic heterocycles. The van der Waals surface area contributed by atoms with E-state index in [2.05, 4.69) is 4.98 Å². The number of carboxylic acids is 1. The third kappa shape index (κ3) is 7.81. The molecule has 1 aromatic rings. The van der Waals surface area contributed by atoms with Crippen LogP contribution in [0.25, 0.3) is 6.08 Å². The first-order valence-electron chi connectivity index (χ1n) is 9.45. The zero-order valence-corrected chi connectivity index (χ0v) is 17.1. The Bertz CT molecular complexity index is 677. The summed E-state index contributed by atoms with van der Waals surface area (Å²) >= 11 is 6.72. The number of hydrogen-bond donors (Lipinski definition) is 1. The van der Waals surface area contributed by atoms with E-state index in [0.29, 0.717) is 15.8 Å². The van der Waals surface area contributed by atoms with E-state index in [-0.39, 0.29) is 12.3 Å². The lowest BCUT2D eigenvalue weighted by Gasteiger charge is -2.14. The molecule has 27 heavy (non-hydrogen) atoms. The number of rotatable bonds is 12. The van der Waals surface area contributed by atoms with Gasteiger partial charge in [-0.15, -0.1) is 0 Å². The van der Waals surface area contributed by atoms with E-state index in [1.165, 1.54) is 11.8 Å². The van der Waals surface area contributed by atoms with Crippen LogP contribution in [0.4, 0.5) is 0 Å². The summed E-state index contributed by atoms with van der Waals surface area (Å²) in [6, 6.07) is 3.76.